The van der Waals surface area contributed by atoms with Gasteiger partial charge < -0.3 is 10.3 Å². The predicted octanol–water partition coefficient (Wildman–Crippen LogP) is 3.99. The number of hydrogen-bond donors (Lipinski definition) is 2. The molecule has 0 bridgehead atoms. The van der Waals surface area contributed by atoms with Crippen molar-refractivity contribution in [3.63, 3.8) is 0 Å². The highest BCUT2D eigenvalue weighted by atomic mass is 19.4. The topological polar surface area (TPSA) is 92.7 Å². The van der Waals surface area contributed by atoms with E-state index in [4.69, 9.17) is 0 Å². The maximum Gasteiger partial charge on any atom is 0.416 e. The number of aromatic amines is 1. The summed E-state index contributed by atoms with van der Waals surface area (Å²) in [5.74, 6) is -0.115. The molecule has 0 atom stereocenters. The van der Waals surface area contributed by atoms with Gasteiger partial charge in [0.2, 0.25) is 5.91 Å². The minimum atomic E-state index is -4.60. The number of H-pyrrole nitrogens is 1. The number of amides is 1. The van der Waals surface area contributed by atoms with E-state index >= 15 is 0 Å². The highest BCUT2D eigenvalue weighted by Crippen LogP contribution is 2.33. The number of rotatable bonds is 6. The summed E-state index contributed by atoms with van der Waals surface area (Å²) in [6, 6.07) is 12.5. The Kier molecular flexibility index (Phi) is 6.23. The van der Waals surface area contributed by atoms with Gasteiger partial charge in [0, 0.05) is 25.1 Å². The molecule has 176 valence electrons. The fraction of sp³-hybridized carbons (Fsp3) is 0.250. The van der Waals surface area contributed by atoms with Gasteiger partial charge in [0.15, 0.2) is 0 Å². The van der Waals surface area contributed by atoms with E-state index in [-0.39, 0.29) is 30.5 Å². The number of hydrogen-bond acceptors (Lipinski definition) is 4. The number of carbonyl (C=O) groups is 1. The number of nitrogens with one attached hydrogen (secondary N) is 2. The van der Waals surface area contributed by atoms with Gasteiger partial charge in [-0.15, -0.1) is 0 Å². The second-order valence-electron chi connectivity index (χ2n) is 7.98. The van der Waals surface area contributed by atoms with Crippen LogP contribution in [-0.4, -0.2) is 25.7 Å². The first-order chi connectivity index (χ1) is 16.1. The molecular formula is C24H22F3N5O2. The van der Waals surface area contributed by atoms with Crippen LogP contribution in [-0.2, 0) is 23.9 Å². The Morgan fingerprint density at radius 2 is 1.88 bits per heavy atom. The molecule has 10 heteroatoms. The molecule has 0 saturated heterocycles. The van der Waals surface area contributed by atoms with E-state index in [0.717, 1.165) is 6.07 Å². The number of nitrogens with zero attached hydrogens (tertiary/aromatic N) is 3. The number of aromatic nitrogens is 4. The van der Waals surface area contributed by atoms with Crippen LogP contribution in [0.5, 0.6) is 0 Å². The third kappa shape index (κ3) is 5.00. The average Bonchev–Trinajstić information content (AvgIpc) is 3.13. The largest absolute Gasteiger partial charge is 0.416 e. The molecule has 4 rings (SSSR count). The first-order valence-electron chi connectivity index (χ1n) is 10.6. The average molecular weight is 469 g/mol. The lowest BCUT2D eigenvalue weighted by atomic mass is 10.1. The Balaban J connectivity index is 1.46. The number of aryl methyl sites for hydroxylation is 3. The number of fused-ring (bicyclic) bond motifs is 1. The van der Waals surface area contributed by atoms with E-state index in [0.29, 0.717) is 33.8 Å². The molecular weight excluding hydrogens is 447 g/mol. The number of para-hydroxylation sites is 1. The molecule has 0 aliphatic rings. The first kappa shape index (κ1) is 23.2. The molecule has 7 nitrogen and oxygen atoms in total. The van der Waals surface area contributed by atoms with E-state index in [9.17, 15) is 22.8 Å². The molecule has 2 aromatic carbocycles. The number of benzene rings is 2. The number of halogens is 3. The number of carbonyl (C=O) groups excluding carboxylic acids is 1. The minimum absolute atomic E-state index is 0.0352. The predicted molar refractivity (Wildman–Crippen MR) is 121 cm³/mol. The molecule has 0 radical (unpaired) electrons. The van der Waals surface area contributed by atoms with Gasteiger partial charge in [-0.2, -0.15) is 18.3 Å². The van der Waals surface area contributed by atoms with E-state index in [1.54, 1.807) is 50.2 Å². The van der Waals surface area contributed by atoms with Gasteiger partial charge in [-0.05, 0) is 49.7 Å². The summed E-state index contributed by atoms with van der Waals surface area (Å²) in [5, 5.41) is 7.21. The van der Waals surface area contributed by atoms with Crippen molar-refractivity contribution in [3.05, 3.63) is 87.2 Å². The maximum absolute atomic E-state index is 13.7. The highest BCUT2D eigenvalue weighted by molar-refractivity contribution is 5.78. The zero-order chi connectivity index (χ0) is 24.5. The van der Waals surface area contributed by atoms with Crippen molar-refractivity contribution in [2.45, 2.75) is 39.4 Å². The maximum atomic E-state index is 13.7. The quantitative estimate of drug-likeness (QED) is 0.447. The summed E-state index contributed by atoms with van der Waals surface area (Å²) < 4.78 is 42.6. The summed E-state index contributed by atoms with van der Waals surface area (Å²) >= 11 is 0. The van der Waals surface area contributed by atoms with Crippen LogP contribution < -0.4 is 10.9 Å². The Labute approximate surface area is 192 Å². The van der Waals surface area contributed by atoms with Gasteiger partial charge in [0.05, 0.1) is 27.8 Å². The third-order valence-electron chi connectivity index (χ3n) is 5.38. The molecule has 0 fully saturated rings. The first-order valence-corrected chi connectivity index (χ1v) is 10.6. The Morgan fingerprint density at radius 3 is 2.59 bits per heavy atom. The standard InChI is InChI=1S/C24H22F3N5O2/c1-14-11-15(2)32(31-14)17-8-7-16(19(12-17)24(25,26)27)13-28-22(33)10-9-21-29-20-6-4-3-5-18(20)23(34)30-21/h3-8,11-12H,9-10,13H2,1-2H3,(H,28,33)(H,29,30,34). The van der Waals surface area contributed by atoms with Crippen LogP contribution in [0.25, 0.3) is 16.6 Å². The molecule has 0 saturated carbocycles. The fourth-order valence-corrected chi connectivity index (χ4v) is 3.77. The van der Waals surface area contributed by atoms with Crippen molar-refractivity contribution in [2.75, 3.05) is 0 Å². The van der Waals surface area contributed by atoms with Crippen LogP contribution in [0.3, 0.4) is 0 Å². The molecule has 1 amide bonds. The Hall–Kier alpha value is -3.95. The second-order valence-corrected chi connectivity index (χ2v) is 7.98. The van der Waals surface area contributed by atoms with Crippen molar-refractivity contribution in [3.8, 4) is 5.69 Å². The molecule has 2 aromatic heterocycles. The van der Waals surface area contributed by atoms with Crippen molar-refractivity contribution in [2.24, 2.45) is 0 Å². The Morgan fingerprint density at radius 1 is 1.12 bits per heavy atom. The van der Waals surface area contributed by atoms with Gasteiger partial charge in [-0.1, -0.05) is 18.2 Å². The molecule has 0 unspecified atom stereocenters. The van der Waals surface area contributed by atoms with Crippen molar-refractivity contribution in [1.82, 2.24) is 25.1 Å². The van der Waals surface area contributed by atoms with Gasteiger partial charge in [-0.3, -0.25) is 9.59 Å². The van der Waals surface area contributed by atoms with Crippen molar-refractivity contribution in [1.29, 1.82) is 0 Å². The zero-order valence-corrected chi connectivity index (χ0v) is 18.5. The molecule has 2 N–H and O–H groups in total. The lowest BCUT2D eigenvalue weighted by Crippen LogP contribution is -2.25. The summed E-state index contributed by atoms with van der Waals surface area (Å²) in [5.41, 5.74) is 1.02. The van der Waals surface area contributed by atoms with Crippen LogP contribution in [0, 0.1) is 13.8 Å². The lowest BCUT2D eigenvalue weighted by Gasteiger charge is -2.16. The SMILES string of the molecule is Cc1cc(C)n(-c2ccc(CNC(=O)CCc3nc4ccccc4c(=O)[nH]3)c(C(F)(F)F)c2)n1. The van der Waals surface area contributed by atoms with Gasteiger partial charge in [0.1, 0.15) is 5.82 Å². The van der Waals surface area contributed by atoms with Crippen molar-refractivity contribution >= 4 is 16.8 Å². The smallest absolute Gasteiger partial charge is 0.352 e. The van der Waals surface area contributed by atoms with E-state index < -0.39 is 17.6 Å². The molecule has 2 heterocycles. The fourth-order valence-electron chi connectivity index (χ4n) is 3.77. The molecule has 0 aliphatic heterocycles. The van der Waals surface area contributed by atoms with Gasteiger partial charge >= 0.3 is 6.18 Å². The molecule has 34 heavy (non-hydrogen) atoms. The number of alkyl halides is 3. The monoisotopic (exact) mass is 469 g/mol. The van der Waals surface area contributed by atoms with Crippen LogP contribution in [0.4, 0.5) is 13.2 Å². The third-order valence-corrected chi connectivity index (χ3v) is 5.38. The molecule has 0 spiro atoms. The van der Waals surface area contributed by atoms with E-state index in [1.807, 2.05) is 0 Å². The van der Waals surface area contributed by atoms with Gasteiger partial charge in [-0.25, -0.2) is 9.67 Å². The zero-order valence-electron chi connectivity index (χ0n) is 18.5. The Bertz CT molecular complexity index is 1420. The summed E-state index contributed by atoms with van der Waals surface area (Å²) in [6.45, 7) is 3.24. The summed E-state index contributed by atoms with van der Waals surface area (Å²) in [6.07, 6.45) is -4.48. The summed E-state index contributed by atoms with van der Waals surface area (Å²) in [4.78, 5) is 31.4. The van der Waals surface area contributed by atoms with Crippen molar-refractivity contribution < 1.29 is 18.0 Å². The van der Waals surface area contributed by atoms with Crippen LogP contribution in [0.1, 0.15) is 34.8 Å². The van der Waals surface area contributed by atoms with Crippen LogP contribution in [0.2, 0.25) is 0 Å². The van der Waals surface area contributed by atoms with Crippen LogP contribution in [0.15, 0.2) is 53.3 Å². The van der Waals surface area contributed by atoms with E-state index in [2.05, 4.69) is 20.4 Å². The molecule has 0 aliphatic carbocycles. The van der Waals surface area contributed by atoms with Crippen LogP contribution >= 0.6 is 0 Å². The second kappa shape index (κ2) is 9.12. The normalized spacial score (nSPS) is 11.7. The van der Waals surface area contributed by atoms with Gasteiger partial charge in [0.25, 0.3) is 5.56 Å². The highest BCUT2D eigenvalue weighted by Gasteiger charge is 2.34. The van der Waals surface area contributed by atoms with E-state index in [1.165, 1.54) is 10.7 Å². The lowest BCUT2D eigenvalue weighted by molar-refractivity contribution is -0.138. The minimum Gasteiger partial charge on any atom is -0.352 e. The molecule has 4 aromatic rings. The summed E-state index contributed by atoms with van der Waals surface area (Å²) in [7, 11) is 0.